The molecule has 0 aromatic heterocycles. The minimum Gasteiger partial charge on any atom is -0.506 e. The number of anilines is 1. The Balaban J connectivity index is 0.000000284. The highest BCUT2D eigenvalue weighted by atomic mass is 16.4. The molecular weight excluding hydrogens is 304 g/mol. The van der Waals surface area contributed by atoms with Crippen LogP contribution in [0.5, 0.6) is 5.75 Å². The second kappa shape index (κ2) is 8.16. The molecule has 0 saturated carbocycles. The summed E-state index contributed by atoms with van der Waals surface area (Å²) >= 11 is 0. The zero-order valence-corrected chi connectivity index (χ0v) is 12.6. The maximum absolute atomic E-state index is 10.0. The van der Waals surface area contributed by atoms with Gasteiger partial charge in [0.05, 0.1) is 11.8 Å². The van der Waals surface area contributed by atoms with E-state index in [0.29, 0.717) is 17.8 Å². The van der Waals surface area contributed by atoms with Gasteiger partial charge in [0.15, 0.2) is 0 Å². The second-order valence-electron chi connectivity index (χ2n) is 4.95. The van der Waals surface area contributed by atoms with Crippen LogP contribution in [-0.4, -0.2) is 45.5 Å². The van der Waals surface area contributed by atoms with Crippen LogP contribution in [0.1, 0.15) is 23.7 Å². The van der Waals surface area contributed by atoms with E-state index in [1.54, 1.807) is 6.07 Å². The van der Waals surface area contributed by atoms with Gasteiger partial charge in [0.25, 0.3) is 0 Å². The van der Waals surface area contributed by atoms with Gasteiger partial charge in [0, 0.05) is 18.2 Å². The van der Waals surface area contributed by atoms with Crippen molar-refractivity contribution in [3.8, 4) is 5.75 Å². The summed E-state index contributed by atoms with van der Waals surface area (Å²) in [6.07, 6.45) is 2.20. The van der Waals surface area contributed by atoms with E-state index in [9.17, 15) is 19.8 Å². The lowest BCUT2D eigenvalue weighted by atomic mass is 9.85. The molecule has 23 heavy (non-hydrogen) atoms. The molecule has 0 spiro atoms. The van der Waals surface area contributed by atoms with Crippen molar-refractivity contribution in [2.75, 3.05) is 12.8 Å². The first-order valence-corrected chi connectivity index (χ1v) is 6.87. The summed E-state index contributed by atoms with van der Waals surface area (Å²) in [5, 5.41) is 38.2. The largest absolute Gasteiger partial charge is 0.506 e. The number of nitrogens with one attached hydrogen (secondary N) is 1. The van der Waals surface area contributed by atoms with Gasteiger partial charge in [0.1, 0.15) is 5.75 Å². The fourth-order valence-electron chi connectivity index (χ4n) is 2.34. The number of aliphatic hydroxyl groups excluding tert-OH is 1. The third-order valence-electron chi connectivity index (χ3n) is 3.51. The van der Waals surface area contributed by atoms with Crippen molar-refractivity contribution in [2.45, 2.75) is 25.0 Å². The first kappa shape index (κ1) is 18.5. The number of carboxylic acid groups (broad SMARTS) is 2. The molecule has 0 unspecified atom stereocenters. The van der Waals surface area contributed by atoms with Crippen molar-refractivity contribution < 1.29 is 30.0 Å². The second-order valence-corrected chi connectivity index (χ2v) is 4.95. The molecule has 0 radical (unpaired) electrons. The highest BCUT2D eigenvalue weighted by Crippen LogP contribution is 2.37. The molecule has 0 aliphatic heterocycles. The number of aliphatic carboxylic acids is 2. The Bertz CT molecular complexity index is 598. The van der Waals surface area contributed by atoms with Crippen LogP contribution in [0, 0.1) is 0 Å². The van der Waals surface area contributed by atoms with Gasteiger partial charge in [-0.2, -0.15) is 0 Å². The standard InChI is InChI=1S/C11H16N2O2.C4H4O4/c1-13-8-4-2-6-7(11(8)15)3-5-9(14)10(6)12;5-3(6)1-2-4(7)8/h3,5,8,11,13-15H,2,4,12H2,1H3;1-2H,(H,5,6)(H,7,8)/t8-,11-;/m1./s1. The Hall–Kier alpha value is -2.58. The zero-order valence-electron chi connectivity index (χ0n) is 12.6. The fraction of sp³-hybridized carbons (Fsp3) is 0.333. The molecule has 1 aliphatic carbocycles. The van der Waals surface area contributed by atoms with E-state index < -0.39 is 18.0 Å². The molecular formula is C15H20N2O6. The van der Waals surface area contributed by atoms with Gasteiger partial charge >= 0.3 is 11.9 Å². The smallest absolute Gasteiger partial charge is 0.328 e. The van der Waals surface area contributed by atoms with Crippen LogP contribution in [-0.2, 0) is 16.0 Å². The Morgan fingerprint density at radius 3 is 2.30 bits per heavy atom. The van der Waals surface area contributed by atoms with Gasteiger partial charge in [-0.1, -0.05) is 6.07 Å². The summed E-state index contributed by atoms with van der Waals surface area (Å²) in [6.45, 7) is 0. The third kappa shape index (κ3) is 4.97. The van der Waals surface area contributed by atoms with Crippen LogP contribution in [0.3, 0.4) is 0 Å². The molecule has 2 rings (SSSR count). The Labute approximate surface area is 132 Å². The monoisotopic (exact) mass is 324 g/mol. The van der Waals surface area contributed by atoms with Gasteiger partial charge in [-0.15, -0.1) is 0 Å². The number of fused-ring (bicyclic) bond motifs is 1. The first-order valence-electron chi connectivity index (χ1n) is 6.87. The molecule has 0 bridgehead atoms. The number of likely N-dealkylation sites (N-methyl/N-ethyl adjacent to an activating group) is 1. The van der Waals surface area contributed by atoms with Crippen molar-refractivity contribution in [2.24, 2.45) is 0 Å². The number of nitrogen functional groups attached to an aromatic ring is 1. The van der Waals surface area contributed by atoms with Crippen molar-refractivity contribution in [1.29, 1.82) is 0 Å². The highest BCUT2D eigenvalue weighted by molar-refractivity contribution is 5.89. The molecule has 126 valence electrons. The van der Waals surface area contributed by atoms with Crippen molar-refractivity contribution in [1.82, 2.24) is 5.32 Å². The van der Waals surface area contributed by atoms with Crippen LogP contribution in [0.25, 0.3) is 0 Å². The van der Waals surface area contributed by atoms with E-state index in [2.05, 4.69) is 5.32 Å². The summed E-state index contributed by atoms with van der Waals surface area (Å²) in [5.41, 5.74) is 7.89. The van der Waals surface area contributed by atoms with Crippen LogP contribution in [0.4, 0.5) is 5.69 Å². The molecule has 7 N–H and O–H groups in total. The quantitative estimate of drug-likeness (QED) is 0.263. The minimum absolute atomic E-state index is 0.0708. The zero-order chi connectivity index (χ0) is 17.6. The van der Waals surface area contributed by atoms with E-state index in [1.807, 2.05) is 7.05 Å². The van der Waals surface area contributed by atoms with Crippen LogP contribution in [0.15, 0.2) is 24.3 Å². The summed E-state index contributed by atoms with van der Waals surface area (Å²) in [6, 6.07) is 3.35. The topological polar surface area (TPSA) is 153 Å². The number of phenols is 1. The van der Waals surface area contributed by atoms with Gasteiger partial charge in [-0.05, 0) is 37.1 Å². The molecule has 1 aromatic rings. The molecule has 8 nitrogen and oxygen atoms in total. The van der Waals surface area contributed by atoms with Crippen molar-refractivity contribution in [3.05, 3.63) is 35.4 Å². The number of phenolic OH excluding ortho intramolecular Hbond substituents is 1. The summed E-state index contributed by atoms with van der Waals surface area (Å²) in [4.78, 5) is 19.1. The SMILES string of the molecule is CN[C@@H]1CCc2c(ccc(O)c2N)[C@H]1O.O=C(O)C=CC(=O)O. The average molecular weight is 324 g/mol. The number of aromatic hydroxyl groups is 1. The molecule has 1 aliphatic rings. The Morgan fingerprint density at radius 2 is 1.83 bits per heavy atom. The van der Waals surface area contributed by atoms with Gasteiger partial charge in [0.2, 0.25) is 0 Å². The van der Waals surface area contributed by atoms with Gasteiger partial charge in [-0.25, -0.2) is 9.59 Å². The summed E-state index contributed by atoms with van der Waals surface area (Å²) in [5.74, 6) is -2.41. The normalized spacial score (nSPS) is 19.6. The van der Waals surface area contributed by atoms with E-state index in [4.69, 9.17) is 15.9 Å². The molecule has 0 fully saturated rings. The maximum atomic E-state index is 10.0. The van der Waals surface area contributed by atoms with E-state index in [0.717, 1.165) is 24.0 Å². The van der Waals surface area contributed by atoms with Crippen molar-refractivity contribution >= 4 is 17.6 Å². The number of nitrogens with two attached hydrogens (primary N) is 1. The predicted molar refractivity (Wildman–Crippen MR) is 83.1 cm³/mol. The Morgan fingerprint density at radius 1 is 1.26 bits per heavy atom. The number of hydrogen-bond acceptors (Lipinski definition) is 6. The number of carbonyl (C=O) groups is 2. The Kier molecular flexibility index (Phi) is 6.55. The molecule has 0 saturated heterocycles. The fourth-order valence-corrected chi connectivity index (χ4v) is 2.34. The average Bonchev–Trinajstić information content (AvgIpc) is 2.50. The molecule has 0 amide bonds. The predicted octanol–water partition coefficient (Wildman–Crippen LogP) is 0.254. The number of benzene rings is 1. The number of carboxylic acids is 2. The molecule has 0 heterocycles. The summed E-state index contributed by atoms with van der Waals surface area (Å²) < 4.78 is 0. The maximum Gasteiger partial charge on any atom is 0.328 e. The minimum atomic E-state index is -1.26. The van der Waals surface area contributed by atoms with E-state index >= 15 is 0 Å². The highest BCUT2D eigenvalue weighted by Gasteiger charge is 2.28. The third-order valence-corrected chi connectivity index (χ3v) is 3.51. The lowest BCUT2D eigenvalue weighted by Crippen LogP contribution is -2.36. The van der Waals surface area contributed by atoms with Gasteiger partial charge < -0.3 is 31.5 Å². The van der Waals surface area contributed by atoms with E-state index in [1.165, 1.54) is 6.07 Å². The lowest BCUT2D eigenvalue weighted by molar-refractivity contribution is -0.134. The van der Waals surface area contributed by atoms with Crippen LogP contribution in [0.2, 0.25) is 0 Å². The van der Waals surface area contributed by atoms with Gasteiger partial charge in [-0.3, -0.25) is 0 Å². The number of hydrogen-bond donors (Lipinski definition) is 6. The van der Waals surface area contributed by atoms with Crippen molar-refractivity contribution in [3.63, 3.8) is 0 Å². The molecule has 8 heteroatoms. The molecule has 2 atom stereocenters. The lowest BCUT2D eigenvalue weighted by Gasteiger charge is -2.30. The first-order chi connectivity index (χ1) is 10.8. The molecule has 1 aromatic carbocycles. The van der Waals surface area contributed by atoms with E-state index in [-0.39, 0.29) is 11.8 Å². The van der Waals surface area contributed by atoms with Crippen LogP contribution >= 0.6 is 0 Å². The van der Waals surface area contributed by atoms with Crippen LogP contribution < -0.4 is 11.1 Å². The number of rotatable bonds is 3. The number of aliphatic hydroxyl groups is 1. The summed E-state index contributed by atoms with van der Waals surface area (Å²) in [7, 11) is 1.84.